The lowest BCUT2D eigenvalue weighted by molar-refractivity contribution is -0.170. The highest BCUT2D eigenvalue weighted by Crippen LogP contribution is 2.48. The van der Waals surface area contributed by atoms with Gasteiger partial charge in [-0.2, -0.15) is 13.2 Å². The first kappa shape index (κ1) is 21.2. The zero-order chi connectivity index (χ0) is 22.2. The minimum absolute atomic E-state index is 0.00129. The maximum atomic E-state index is 13.4. The van der Waals surface area contributed by atoms with Crippen molar-refractivity contribution in [1.82, 2.24) is 0 Å². The van der Waals surface area contributed by atoms with E-state index in [4.69, 9.17) is 4.74 Å². The molecule has 4 rings (SSSR count). The molecular weight excluding hydrogens is 409 g/mol. The Labute approximate surface area is 178 Å². The van der Waals surface area contributed by atoms with Crippen LogP contribution < -0.4 is 10.2 Å². The van der Waals surface area contributed by atoms with E-state index < -0.39 is 12.1 Å². The van der Waals surface area contributed by atoms with Gasteiger partial charge in [0, 0.05) is 17.9 Å². The Morgan fingerprint density at radius 2 is 1.90 bits per heavy atom. The topological polar surface area (TPSA) is 58.6 Å². The molecule has 1 N–H and O–H groups in total. The number of hydrogen-bond donors (Lipinski definition) is 1. The van der Waals surface area contributed by atoms with Crippen molar-refractivity contribution in [2.45, 2.75) is 37.9 Å². The molecule has 164 valence electrons. The highest BCUT2D eigenvalue weighted by Gasteiger charge is 2.45. The van der Waals surface area contributed by atoms with Gasteiger partial charge in [0.15, 0.2) is 0 Å². The summed E-state index contributed by atoms with van der Waals surface area (Å²) in [5.74, 6) is -2.42. The van der Waals surface area contributed by atoms with Crippen LogP contribution in [0.2, 0.25) is 0 Å². The second-order valence-electron chi connectivity index (χ2n) is 7.93. The Hall–Kier alpha value is -3.03. The zero-order valence-electron chi connectivity index (χ0n) is 17.0. The molecule has 1 aliphatic heterocycles. The van der Waals surface area contributed by atoms with Gasteiger partial charge >= 0.3 is 18.1 Å². The summed E-state index contributed by atoms with van der Waals surface area (Å²) in [6.07, 6.45) is -2.54. The molecule has 2 atom stereocenters. The summed E-state index contributed by atoms with van der Waals surface area (Å²) in [6.45, 7) is 0.552. The number of nitrogens with zero attached hydrogens (tertiary/aromatic N) is 1. The van der Waals surface area contributed by atoms with E-state index in [1.807, 2.05) is 6.07 Å². The van der Waals surface area contributed by atoms with Crippen molar-refractivity contribution in [3.8, 4) is 0 Å². The van der Waals surface area contributed by atoms with Crippen LogP contribution in [0.15, 0.2) is 42.5 Å². The van der Waals surface area contributed by atoms with Crippen molar-refractivity contribution in [3.05, 3.63) is 59.2 Å². The summed E-state index contributed by atoms with van der Waals surface area (Å²) in [5.41, 5.74) is 3.50. The third-order valence-electron chi connectivity index (χ3n) is 5.91. The molecule has 1 saturated carbocycles. The van der Waals surface area contributed by atoms with Crippen molar-refractivity contribution >= 4 is 23.3 Å². The van der Waals surface area contributed by atoms with E-state index in [0.29, 0.717) is 12.0 Å². The number of benzene rings is 2. The van der Waals surface area contributed by atoms with Gasteiger partial charge in [-0.25, -0.2) is 0 Å². The van der Waals surface area contributed by atoms with E-state index >= 15 is 0 Å². The second-order valence-corrected chi connectivity index (χ2v) is 7.93. The predicted octanol–water partition coefficient (Wildman–Crippen LogP) is 4.42. The normalized spacial score (nSPS) is 19.7. The Morgan fingerprint density at radius 1 is 1.16 bits per heavy atom. The standard InChI is InChI=1S/C23H23F3N2O3/c1-31-21(29)19-12-18(19)14-7-9-17(10-8-14)28(22(30)23(24,25)26)13-16-5-2-4-15-6-3-11-27-20(15)16/h2,4-5,7-10,18-19,27H,3,6,11-13H2,1H3. The van der Waals surface area contributed by atoms with E-state index in [-0.39, 0.29) is 30.0 Å². The fourth-order valence-corrected chi connectivity index (χ4v) is 4.19. The van der Waals surface area contributed by atoms with Gasteiger partial charge < -0.3 is 15.0 Å². The van der Waals surface area contributed by atoms with Gasteiger partial charge in [0.2, 0.25) is 0 Å². The number of methoxy groups -OCH3 is 1. The van der Waals surface area contributed by atoms with Crippen LogP contribution in [0.5, 0.6) is 0 Å². The molecule has 0 radical (unpaired) electrons. The summed E-state index contributed by atoms with van der Waals surface area (Å²) < 4.78 is 44.8. The number of para-hydroxylation sites is 1. The first-order chi connectivity index (χ1) is 14.8. The molecule has 8 heteroatoms. The number of amides is 1. The summed E-state index contributed by atoms with van der Waals surface area (Å²) in [7, 11) is 1.33. The van der Waals surface area contributed by atoms with Crippen molar-refractivity contribution in [2.75, 3.05) is 23.9 Å². The van der Waals surface area contributed by atoms with Crippen LogP contribution in [0.3, 0.4) is 0 Å². The molecule has 1 amide bonds. The van der Waals surface area contributed by atoms with E-state index in [0.717, 1.165) is 41.1 Å². The van der Waals surface area contributed by atoms with Crippen LogP contribution >= 0.6 is 0 Å². The van der Waals surface area contributed by atoms with Crippen molar-refractivity contribution in [1.29, 1.82) is 0 Å². The number of fused-ring (bicyclic) bond motifs is 1. The average Bonchev–Trinajstić information content (AvgIpc) is 3.57. The monoisotopic (exact) mass is 432 g/mol. The number of anilines is 2. The SMILES string of the molecule is COC(=O)C1CC1c1ccc(N(Cc2cccc3c2NCCC3)C(=O)C(F)(F)F)cc1. The van der Waals surface area contributed by atoms with E-state index in [1.165, 1.54) is 19.2 Å². The first-order valence-electron chi connectivity index (χ1n) is 10.2. The number of rotatable bonds is 5. The Kier molecular flexibility index (Phi) is 5.64. The molecule has 5 nitrogen and oxygen atoms in total. The highest BCUT2D eigenvalue weighted by atomic mass is 19.4. The Balaban J connectivity index is 1.61. The minimum Gasteiger partial charge on any atom is -0.469 e. The van der Waals surface area contributed by atoms with Gasteiger partial charge in [-0.3, -0.25) is 9.59 Å². The number of carbonyl (C=O) groups excluding carboxylic acids is 2. The predicted molar refractivity (Wildman–Crippen MR) is 110 cm³/mol. The first-order valence-corrected chi connectivity index (χ1v) is 10.2. The molecule has 2 aromatic rings. The van der Waals surface area contributed by atoms with Gasteiger partial charge in [0.1, 0.15) is 0 Å². The molecule has 31 heavy (non-hydrogen) atoms. The Morgan fingerprint density at radius 3 is 2.58 bits per heavy atom. The summed E-state index contributed by atoms with van der Waals surface area (Å²) in [6, 6.07) is 11.9. The van der Waals surface area contributed by atoms with Gasteiger partial charge in [-0.05, 0) is 54.0 Å². The number of carbonyl (C=O) groups is 2. The molecule has 0 spiro atoms. The van der Waals surface area contributed by atoms with E-state index in [1.54, 1.807) is 24.3 Å². The smallest absolute Gasteiger partial charge is 0.469 e. The van der Waals surface area contributed by atoms with Crippen molar-refractivity contribution in [2.24, 2.45) is 5.92 Å². The molecule has 1 fully saturated rings. The van der Waals surface area contributed by atoms with Crippen LogP contribution in [-0.4, -0.2) is 31.7 Å². The van der Waals surface area contributed by atoms with Crippen molar-refractivity contribution < 1.29 is 27.5 Å². The second kappa shape index (κ2) is 8.24. The van der Waals surface area contributed by atoms with Crippen LogP contribution in [-0.2, 0) is 27.3 Å². The third kappa shape index (κ3) is 4.38. The highest BCUT2D eigenvalue weighted by molar-refractivity contribution is 5.97. The molecule has 2 aromatic carbocycles. The molecule has 0 bridgehead atoms. The molecule has 0 aromatic heterocycles. The molecule has 2 unspecified atom stereocenters. The molecule has 2 aliphatic rings. The Bertz CT molecular complexity index is 989. The number of aryl methyl sites for hydroxylation is 1. The van der Waals surface area contributed by atoms with Crippen LogP contribution in [0.25, 0.3) is 0 Å². The summed E-state index contributed by atoms with van der Waals surface area (Å²) >= 11 is 0. The van der Waals surface area contributed by atoms with Gasteiger partial charge in [-0.1, -0.05) is 30.3 Å². The average molecular weight is 432 g/mol. The fourth-order valence-electron chi connectivity index (χ4n) is 4.19. The van der Waals surface area contributed by atoms with E-state index in [9.17, 15) is 22.8 Å². The van der Waals surface area contributed by atoms with Crippen LogP contribution in [0, 0.1) is 5.92 Å². The van der Waals surface area contributed by atoms with E-state index in [2.05, 4.69) is 5.32 Å². The number of halogens is 3. The number of nitrogens with one attached hydrogen (secondary N) is 1. The quantitative estimate of drug-likeness (QED) is 0.711. The fraction of sp³-hybridized carbons (Fsp3) is 0.391. The minimum atomic E-state index is -4.99. The molecule has 0 saturated heterocycles. The number of ether oxygens (including phenoxy) is 1. The number of hydrogen-bond acceptors (Lipinski definition) is 4. The zero-order valence-corrected chi connectivity index (χ0v) is 17.0. The molecule has 1 heterocycles. The number of alkyl halides is 3. The molecule has 1 aliphatic carbocycles. The maximum Gasteiger partial charge on any atom is 0.471 e. The van der Waals surface area contributed by atoms with Crippen molar-refractivity contribution in [3.63, 3.8) is 0 Å². The molecular formula is C23H23F3N2O3. The number of esters is 1. The summed E-state index contributed by atoms with van der Waals surface area (Å²) in [4.78, 5) is 24.7. The van der Waals surface area contributed by atoms with Gasteiger partial charge in [0.05, 0.1) is 19.6 Å². The lowest BCUT2D eigenvalue weighted by atomic mass is 9.99. The maximum absolute atomic E-state index is 13.4. The van der Waals surface area contributed by atoms with Crippen LogP contribution in [0.4, 0.5) is 24.5 Å². The van der Waals surface area contributed by atoms with Crippen LogP contribution in [0.1, 0.15) is 35.4 Å². The lowest BCUT2D eigenvalue weighted by Crippen LogP contribution is -2.41. The third-order valence-corrected chi connectivity index (χ3v) is 5.91. The van der Waals surface area contributed by atoms with Gasteiger partial charge in [-0.15, -0.1) is 0 Å². The largest absolute Gasteiger partial charge is 0.471 e. The lowest BCUT2D eigenvalue weighted by Gasteiger charge is -2.27. The summed E-state index contributed by atoms with van der Waals surface area (Å²) in [5, 5.41) is 3.26. The van der Waals surface area contributed by atoms with Gasteiger partial charge in [0.25, 0.3) is 0 Å².